The van der Waals surface area contributed by atoms with E-state index < -0.39 is 0 Å². The molecule has 1 saturated heterocycles. The van der Waals surface area contributed by atoms with Gasteiger partial charge in [-0.25, -0.2) is 0 Å². The SMILES string of the molecule is CCOc1ccccc1N1C(=O)C2Cc3c([nH]c4ccccc34)C(C)N2C1=S. The molecular weight excluding hydrogens is 370 g/mol. The van der Waals surface area contributed by atoms with E-state index in [4.69, 9.17) is 17.0 Å². The number of thiocarbonyl (C=S) groups is 1. The molecule has 5 rings (SSSR count). The fraction of sp³-hybridized carbons (Fsp3) is 0.273. The molecule has 3 aromatic rings. The molecule has 2 unspecified atom stereocenters. The van der Waals surface area contributed by atoms with E-state index >= 15 is 0 Å². The van der Waals surface area contributed by atoms with Crippen molar-refractivity contribution in [3.05, 3.63) is 59.8 Å². The number of nitrogens with one attached hydrogen (secondary N) is 1. The van der Waals surface area contributed by atoms with Crippen molar-refractivity contribution in [3.63, 3.8) is 0 Å². The lowest BCUT2D eigenvalue weighted by molar-refractivity contribution is -0.120. The lowest BCUT2D eigenvalue weighted by Crippen LogP contribution is -2.42. The molecule has 1 aromatic heterocycles. The molecule has 2 atom stereocenters. The summed E-state index contributed by atoms with van der Waals surface area (Å²) in [6.45, 7) is 4.58. The minimum atomic E-state index is -0.288. The minimum Gasteiger partial charge on any atom is -0.492 e. The third kappa shape index (κ3) is 2.31. The molecule has 0 saturated carbocycles. The Hall–Kier alpha value is -2.86. The quantitative estimate of drug-likeness (QED) is 0.681. The van der Waals surface area contributed by atoms with Gasteiger partial charge >= 0.3 is 0 Å². The molecule has 1 fully saturated rings. The van der Waals surface area contributed by atoms with E-state index in [9.17, 15) is 4.79 Å². The molecule has 2 aliphatic rings. The molecule has 1 N–H and O–H groups in total. The summed E-state index contributed by atoms with van der Waals surface area (Å²) in [5.74, 6) is 0.692. The van der Waals surface area contributed by atoms with Crippen molar-refractivity contribution in [3.8, 4) is 5.75 Å². The average molecular weight is 391 g/mol. The van der Waals surface area contributed by atoms with Gasteiger partial charge in [0.2, 0.25) is 0 Å². The maximum atomic E-state index is 13.5. The average Bonchev–Trinajstić information content (AvgIpc) is 3.19. The van der Waals surface area contributed by atoms with Gasteiger partial charge in [0.05, 0.1) is 18.3 Å². The van der Waals surface area contributed by atoms with Gasteiger partial charge in [0.1, 0.15) is 11.8 Å². The van der Waals surface area contributed by atoms with Crippen LogP contribution < -0.4 is 9.64 Å². The van der Waals surface area contributed by atoms with Crippen LogP contribution in [0.5, 0.6) is 5.75 Å². The summed E-state index contributed by atoms with van der Waals surface area (Å²) in [6, 6.07) is 15.6. The van der Waals surface area contributed by atoms with Crippen molar-refractivity contribution in [2.45, 2.75) is 32.4 Å². The van der Waals surface area contributed by atoms with Crippen LogP contribution in [0.2, 0.25) is 0 Å². The standard InChI is InChI=1S/C22H21N3O2S/c1-3-27-19-11-7-6-10-17(19)25-21(26)18-12-15-14-8-4-5-9-16(14)23-20(15)13(2)24(18)22(25)28/h4-11,13,18,23H,3,12H2,1-2H3. The highest BCUT2D eigenvalue weighted by molar-refractivity contribution is 7.80. The predicted molar refractivity (Wildman–Crippen MR) is 114 cm³/mol. The molecule has 1 amide bonds. The number of rotatable bonds is 3. The van der Waals surface area contributed by atoms with Crippen molar-refractivity contribution < 1.29 is 9.53 Å². The number of carbonyl (C=O) groups is 1. The lowest BCUT2D eigenvalue weighted by Gasteiger charge is -2.35. The van der Waals surface area contributed by atoms with Gasteiger partial charge in [0.25, 0.3) is 5.91 Å². The number of anilines is 1. The Morgan fingerprint density at radius 3 is 2.75 bits per heavy atom. The van der Waals surface area contributed by atoms with Crippen molar-refractivity contribution in [2.75, 3.05) is 11.5 Å². The van der Waals surface area contributed by atoms with Crippen LogP contribution in [0.25, 0.3) is 10.9 Å². The van der Waals surface area contributed by atoms with Gasteiger partial charge in [-0.05, 0) is 49.8 Å². The van der Waals surface area contributed by atoms with Crippen molar-refractivity contribution >= 4 is 39.8 Å². The number of benzene rings is 2. The zero-order chi connectivity index (χ0) is 19.4. The third-order valence-electron chi connectivity index (χ3n) is 5.74. The Morgan fingerprint density at radius 2 is 1.93 bits per heavy atom. The highest BCUT2D eigenvalue weighted by atomic mass is 32.1. The summed E-state index contributed by atoms with van der Waals surface area (Å²) in [6.07, 6.45) is 0.649. The number of aromatic nitrogens is 1. The first kappa shape index (κ1) is 17.3. The van der Waals surface area contributed by atoms with E-state index in [0.29, 0.717) is 23.9 Å². The molecular formula is C22H21N3O2S. The first-order chi connectivity index (χ1) is 13.6. The molecule has 0 bridgehead atoms. The fourth-order valence-corrected chi connectivity index (χ4v) is 4.98. The maximum absolute atomic E-state index is 13.5. The van der Waals surface area contributed by atoms with E-state index in [2.05, 4.69) is 28.9 Å². The number of hydrogen-bond acceptors (Lipinski definition) is 3. The number of para-hydroxylation sites is 3. The second kappa shape index (κ2) is 6.34. The van der Waals surface area contributed by atoms with Crippen LogP contribution >= 0.6 is 12.2 Å². The molecule has 3 heterocycles. The van der Waals surface area contributed by atoms with Crippen molar-refractivity contribution in [1.29, 1.82) is 0 Å². The second-order valence-electron chi connectivity index (χ2n) is 7.22. The lowest BCUT2D eigenvalue weighted by atomic mass is 9.93. The molecule has 0 spiro atoms. The largest absolute Gasteiger partial charge is 0.492 e. The van der Waals surface area contributed by atoms with Crippen LogP contribution in [0.3, 0.4) is 0 Å². The molecule has 142 valence electrons. The summed E-state index contributed by atoms with van der Waals surface area (Å²) < 4.78 is 5.75. The minimum absolute atomic E-state index is 0.00172. The second-order valence-corrected chi connectivity index (χ2v) is 7.59. The molecule has 28 heavy (non-hydrogen) atoms. The van der Waals surface area contributed by atoms with Crippen LogP contribution in [0.15, 0.2) is 48.5 Å². The smallest absolute Gasteiger partial charge is 0.256 e. The number of ether oxygens (including phenoxy) is 1. The van der Waals surface area contributed by atoms with Gasteiger partial charge in [-0.15, -0.1) is 0 Å². The summed E-state index contributed by atoms with van der Waals surface area (Å²) in [5.41, 5.74) is 4.19. The van der Waals surface area contributed by atoms with E-state index in [-0.39, 0.29) is 18.0 Å². The Bertz CT molecular complexity index is 1110. The number of H-pyrrole nitrogens is 1. The Morgan fingerprint density at radius 1 is 1.18 bits per heavy atom. The van der Waals surface area contributed by atoms with Crippen LogP contribution in [-0.2, 0) is 11.2 Å². The Kier molecular flexibility index (Phi) is 3.91. The zero-order valence-electron chi connectivity index (χ0n) is 15.8. The first-order valence-electron chi connectivity index (χ1n) is 9.59. The zero-order valence-corrected chi connectivity index (χ0v) is 16.6. The van der Waals surface area contributed by atoms with Gasteiger partial charge < -0.3 is 14.6 Å². The third-order valence-corrected chi connectivity index (χ3v) is 6.13. The van der Waals surface area contributed by atoms with E-state index in [1.165, 1.54) is 10.9 Å². The van der Waals surface area contributed by atoms with E-state index in [1.807, 2.05) is 43.3 Å². The van der Waals surface area contributed by atoms with Crippen molar-refractivity contribution in [2.24, 2.45) is 0 Å². The van der Waals surface area contributed by atoms with Gasteiger partial charge in [-0.1, -0.05) is 30.3 Å². The Balaban J connectivity index is 1.59. The number of nitrogens with zero attached hydrogens (tertiary/aromatic N) is 2. The van der Waals surface area contributed by atoms with Crippen molar-refractivity contribution in [1.82, 2.24) is 9.88 Å². The monoisotopic (exact) mass is 391 g/mol. The fourth-order valence-electron chi connectivity index (χ4n) is 4.50. The number of carbonyl (C=O) groups excluding carboxylic acids is 1. The van der Waals surface area contributed by atoms with Gasteiger partial charge in [0.15, 0.2) is 5.11 Å². The number of fused-ring (bicyclic) bond motifs is 4. The predicted octanol–water partition coefficient (Wildman–Crippen LogP) is 4.19. The Labute approximate surface area is 168 Å². The van der Waals surface area contributed by atoms with E-state index in [0.717, 1.165) is 16.9 Å². The topological polar surface area (TPSA) is 48.6 Å². The summed E-state index contributed by atoms with van der Waals surface area (Å²) >= 11 is 5.79. The summed E-state index contributed by atoms with van der Waals surface area (Å²) in [7, 11) is 0. The highest BCUT2D eigenvalue weighted by Crippen LogP contribution is 2.43. The van der Waals surface area contributed by atoms with Gasteiger partial charge in [-0.2, -0.15) is 0 Å². The molecule has 5 nitrogen and oxygen atoms in total. The van der Waals surface area contributed by atoms with E-state index in [1.54, 1.807) is 4.90 Å². The molecule has 0 aliphatic carbocycles. The number of amides is 1. The van der Waals surface area contributed by atoms with Gasteiger partial charge in [-0.3, -0.25) is 9.69 Å². The van der Waals surface area contributed by atoms with Gasteiger partial charge in [0, 0.05) is 23.0 Å². The maximum Gasteiger partial charge on any atom is 0.256 e. The molecule has 2 aromatic carbocycles. The molecule has 0 radical (unpaired) electrons. The summed E-state index contributed by atoms with van der Waals surface area (Å²) in [4.78, 5) is 20.7. The van der Waals surface area contributed by atoms with Crippen LogP contribution in [0, 0.1) is 0 Å². The molecule has 6 heteroatoms. The molecule has 2 aliphatic heterocycles. The number of aromatic amines is 1. The first-order valence-corrected chi connectivity index (χ1v) is 10.00. The van der Waals surface area contributed by atoms with Crippen LogP contribution in [0.4, 0.5) is 5.69 Å². The number of hydrogen-bond donors (Lipinski definition) is 1. The highest BCUT2D eigenvalue weighted by Gasteiger charge is 2.49. The van der Waals surface area contributed by atoms with Crippen LogP contribution in [0.1, 0.15) is 31.1 Å². The normalized spacial score (nSPS) is 21.2. The van der Waals surface area contributed by atoms with Crippen LogP contribution in [-0.4, -0.2) is 33.6 Å². The summed E-state index contributed by atoms with van der Waals surface area (Å²) in [5, 5.41) is 1.73.